The molecule has 1 saturated heterocycles. The molecule has 4 heterocycles. The second kappa shape index (κ2) is 35.9. The van der Waals surface area contributed by atoms with Gasteiger partial charge in [0, 0.05) is 82.0 Å². The molecule has 6 rings (SSSR count). The van der Waals surface area contributed by atoms with Crippen LogP contribution in [0.25, 0.3) is 0 Å². The van der Waals surface area contributed by atoms with Gasteiger partial charge in [-0.25, -0.2) is 19.6 Å². The number of ether oxygens (including phenoxy) is 8. The second-order valence-electron chi connectivity index (χ2n) is 17.9. The number of pyridine rings is 2. The number of nitrogens with zero attached hydrogens (tertiary/aromatic N) is 5. The zero-order valence-electron chi connectivity index (χ0n) is 44.5. The quantitative estimate of drug-likeness (QED) is 0.0362. The Morgan fingerprint density at radius 3 is 1.75 bits per heavy atom. The Labute approximate surface area is 466 Å². The lowest BCUT2D eigenvalue weighted by atomic mass is 10.0. The van der Waals surface area contributed by atoms with Crippen molar-refractivity contribution in [1.82, 2.24) is 30.4 Å². The molecule has 426 valence electrons. The number of thiocarbonyl (C=S) groups is 1. The van der Waals surface area contributed by atoms with Crippen molar-refractivity contribution in [1.29, 1.82) is 0 Å². The van der Waals surface area contributed by atoms with Gasteiger partial charge in [-0.3, -0.25) is 19.4 Å². The molecule has 2 aliphatic rings. The Morgan fingerprint density at radius 2 is 1.11 bits per heavy atom. The Hall–Kier alpha value is -6.53. The minimum atomic E-state index is -1.17. The summed E-state index contributed by atoms with van der Waals surface area (Å²) < 4.78 is 45.8. The molecule has 0 saturated carbocycles. The number of amides is 2. The van der Waals surface area contributed by atoms with Crippen LogP contribution in [-0.4, -0.2) is 204 Å². The summed E-state index contributed by atoms with van der Waals surface area (Å²) in [5.41, 5.74) is 4.89. The number of carboxylic acid groups (broad SMARTS) is 2. The van der Waals surface area contributed by atoms with Gasteiger partial charge in [0.05, 0.1) is 129 Å². The number of aromatic nitrogens is 2. The van der Waals surface area contributed by atoms with Crippen molar-refractivity contribution in [3.05, 3.63) is 118 Å². The van der Waals surface area contributed by atoms with Crippen LogP contribution in [0.5, 0.6) is 0 Å². The van der Waals surface area contributed by atoms with Crippen molar-refractivity contribution in [2.75, 3.05) is 155 Å². The third kappa shape index (κ3) is 23.8. The van der Waals surface area contributed by atoms with Gasteiger partial charge in [-0.15, -0.1) is 0 Å². The zero-order chi connectivity index (χ0) is 55.7. The molecular formula is C56H72N8O14S. The van der Waals surface area contributed by atoms with Crippen LogP contribution in [0.1, 0.15) is 61.9 Å². The fourth-order valence-electron chi connectivity index (χ4n) is 8.03. The van der Waals surface area contributed by atoms with Crippen molar-refractivity contribution in [3.8, 4) is 11.8 Å². The summed E-state index contributed by atoms with van der Waals surface area (Å²) in [6, 6.07) is 23.5. The third-order valence-electron chi connectivity index (χ3n) is 12.1. The van der Waals surface area contributed by atoms with E-state index in [9.17, 15) is 29.4 Å². The molecule has 0 unspecified atom stereocenters. The van der Waals surface area contributed by atoms with Crippen LogP contribution in [0.2, 0.25) is 0 Å². The van der Waals surface area contributed by atoms with Crippen LogP contribution in [0.15, 0.2) is 78.9 Å². The van der Waals surface area contributed by atoms with Gasteiger partial charge in [-0.05, 0) is 60.2 Å². The number of carbonyl (C=O) groups excluding carboxylic acids is 2. The average Bonchev–Trinajstić information content (AvgIpc) is 3.49. The van der Waals surface area contributed by atoms with Crippen LogP contribution in [0, 0.1) is 11.8 Å². The highest BCUT2D eigenvalue weighted by Gasteiger charge is 2.22. The molecule has 2 aliphatic heterocycles. The summed E-state index contributed by atoms with van der Waals surface area (Å²) in [6.07, 6.45) is 0.305. The van der Waals surface area contributed by atoms with Gasteiger partial charge in [0.25, 0.3) is 0 Å². The summed E-state index contributed by atoms with van der Waals surface area (Å²) in [7, 11) is 0. The monoisotopic (exact) mass is 1110 g/mol. The Kier molecular flexibility index (Phi) is 28.0. The number of carboxylic acids is 2. The van der Waals surface area contributed by atoms with E-state index in [4.69, 9.17) is 50.1 Å². The Balaban J connectivity index is 0.777. The smallest absolute Gasteiger partial charge is 0.354 e. The fraction of sp³-hybridized carbons (Fsp3) is 0.482. The van der Waals surface area contributed by atoms with Crippen molar-refractivity contribution in [3.63, 3.8) is 0 Å². The van der Waals surface area contributed by atoms with Crippen LogP contribution < -0.4 is 20.9 Å². The lowest BCUT2D eigenvalue weighted by molar-refractivity contribution is -0.122. The zero-order valence-corrected chi connectivity index (χ0v) is 45.4. The van der Waals surface area contributed by atoms with Gasteiger partial charge in [0.2, 0.25) is 11.8 Å². The van der Waals surface area contributed by atoms with Gasteiger partial charge in [0.15, 0.2) is 10.8 Å². The number of nitrogens with one attached hydrogen (secondary N) is 3. The van der Waals surface area contributed by atoms with Crippen molar-refractivity contribution in [2.24, 2.45) is 0 Å². The van der Waals surface area contributed by atoms with E-state index in [2.05, 4.69) is 47.6 Å². The molecule has 23 heteroatoms. The number of fused-ring (bicyclic) bond motifs is 2. The molecule has 2 amide bonds. The molecule has 22 nitrogen and oxygen atoms in total. The molecule has 79 heavy (non-hydrogen) atoms. The molecule has 0 radical (unpaired) electrons. The number of aromatic carboxylic acids is 2. The molecular weight excluding hydrogens is 1040 g/mol. The summed E-state index contributed by atoms with van der Waals surface area (Å²) >= 11 is 5.49. The van der Waals surface area contributed by atoms with Crippen LogP contribution >= 0.6 is 12.2 Å². The molecule has 4 aromatic rings. The predicted molar refractivity (Wildman–Crippen MR) is 296 cm³/mol. The third-order valence-corrected chi connectivity index (χ3v) is 12.3. The highest BCUT2D eigenvalue weighted by molar-refractivity contribution is 7.80. The highest BCUT2D eigenvalue weighted by Crippen LogP contribution is 2.26. The van der Waals surface area contributed by atoms with E-state index >= 15 is 0 Å². The summed E-state index contributed by atoms with van der Waals surface area (Å²) in [5.74, 6) is 3.86. The first-order valence-corrected chi connectivity index (χ1v) is 26.8. The second-order valence-corrected chi connectivity index (χ2v) is 18.4. The van der Waals surface area contributed by atoms with Crippen molar-refractivity contribution < 1.29 is 67.3 Å². The molecule has 2 aromatic heterocycles. The first kappa shape index (κ1) is 61.7. The van der Waals surface area contributed by atoms with Crippen LogP contribution in [0.4, 0.5) is 11.4 Å². The largest absolute Gasteiger partial charge is 0.477 e. The topological polar surface area (TPSA) is 254 Å². The van der Waals surface area contributed by atoms with E-state index < -0.39 is 11.9 Å². The van der Waals surface area contributed by atoms with Crippen LogP contribution in [0.3, 0.4) is 0 Å². The normalized spacial score (nSPS) is 15.1. The van der Waals surface area contributed by atoms with Crippen LogP contribution in [-0.2, 0) is 67.1 Å². The van der Waals surface area contributed by atoms with Crippen molar-refractivity contribution in [2.45, 2.75) is 32.5 Å². The van der Waals surface area contributed by atoms with E-state index in [1.54, 1.807) is 23.1 Å². The average molecular weight is 1110 g/mol. The lowest BCUT2D eigenvalue weighted by Gasteiger charge is -2.26. The first-order chi connectivity index (χ1) is 38.6. The van der Waals surface area contributed by atoms with Crippen molar-refractivity contribution >= 4 is 52.5 Å². The molecule has 0 bridgehead atoms. The maximum Gasteiger partial charge on any atom is 0.354 e. The molecule has 2 aromatic carbocycles. The summed E-state index contributed by atoms with van der Waals surface area (Å²) in [5, 5.41) is 28.4. The SMILES string of the molecule is O=C(CCOCCOCCOCCOCCNC(=S)Nc1cc(CN2CCOCCOCCN(Cc3cccc(C(=O)O)n3)CCOCCOCC2)nc(C(=O)O)c1)NCCC(=O)N1Cc2ccccc2C#Cc2ccccc21. The van der Waals surface area contributed by atoms with E-state index in [0.29, 0.717) is 169 Å². The summed E-state index contributed by atoms with van der Waals surface area (Å²) in [6.45, 7) is 9.85. The number of anilines is 2. The van der Waals surface area contributed by atoms with E-state index in [-0.39, 0.29) is 54.3 Å². The highest BCUT2D eigenvalue weighted by atomic mass is 32.1. The number of para-hydroxylation sites is 1. The molecule has 5 N–H and O–H groups in total. The first-order valence-electron chi connectivity index (χ1n) is 26.4. The minimum absolute atomic E-state index is 0.00217. The number of hydrogen-bond acceptors (Lipinski definition) is 17. The van der Waals surface area contributed by atoms with Gasteiger partial charge in [0.1, 0.15) is 5.69 Å². The Morgan fingerprint density at radius 1 is 0.570 bits per heavy atom. The van der Waals surface area contributed by atoms with E-state index in [1.807, 2.05) is 48.5 Å². The maximum atomic E-state index is 13.4. The number of rotatable bonds is 25. The molecule has 1 fully saturated rings. The predicted octanol–water partition coefficient (Wildman–Crippen LogP) is 3.45. The maximum absolute atomic E-state index is 13.4. The van der Waals surface area contributed by atoms with Gasteiger partial charge in [-0.2, -0.15) is 0 Å². The number of benzene rings is 2. The van der Waals surface area contributed by atoms with Gasteiger partial charge in [-0.1, -0.05) is 48.2 Å². The summed E-state index contributed by atoms with van der Waals surface area (Å²) in [4.78, 5) is 63.8. The number of hydrogen-bond donors (Lipinski definition) is 5. The molecule has 0 spiro atoms. The van der Waals surface area contributed by atoms with E-state index in [1.165, 1.54) is 12.1 Å². The minimum Gasteiger partial charge on any atom is -0.477 e. The Bertz CT molecular complexity index is 2600. The number of carbonyl (C=O) groups is 4. The lowest BCUT2D eigenvalue weighted by Crippen LogP contribution is -2.35. The molecule has 0 aliphatic carbocycles. The molecule has 0 atom stereocenters. The van der Waals surface area contributed by atoms with Gasteiger partial charge < -0.3 is 69.0 Å². The van der Waals surface area contributed by atoms with Gasteiger partial charge >= 0.3 is 11.9 Å². The standard InChI is InChI=1S/C56H72N8O14S/c65-52(57-16-14-53(66)64-40-45-8-2-1-6-43(45)12-13-44-7-3-4-11-51(44)64)15-22-71-28-34-77-36-37-78-35-29-72-23-17-58-56(79)61-47-38-48(60-50(39-47)55(69)70)42-63-20-26-75-32-30-73-24-18-62(19-25-74-31-33-76-27-21-63)41-46-9-5-10-49(59-46)54(67)68/h1-11,38-39H,14-37,40-42H2,(H,57,65)(H,67,68)(H,69,70)(H2,58,60,61,79). The fourth-order valence-corrected chi connectivity index (χ4v) is 8.25. The van der Waals surface area contributed by atoms with E-state index in [0.717, 1.165) is 22.4 Å².